The van der Waals surface area contributed by atoms with Crippen molar-refractivity contribution in [1.82, 2.24) is 4.90 Å². The van der Waals surface area contributed by atoms with Gasteiger partial charge in [-0.3, -0.25) is 9.59 Å². The van der Waals surface area contributed by atoms with E-state index in [0.29, 0.717) is 11.5 Å². The fourth-order valence-electron chi connectivity index (χ4n) is 2.41. The Kier molecular flexibility index (Phi) is 6.70. The van der Waals surface area contributed by atoms with Crippen molar-refractivity contribution in [3.63, 3.8) is 0 Å². The number of carbonyl (C=O) groups is 2. The summed E-state index contributed by atoms with van der Waals surface area (Å²) in [6.07, 6.45) is 0. The number of hydrogen-bond donors (Lipinski definition) is 1. The number of likely N-dealkylation sites (N-methyl/N-ethyl adjacent to an activating group) is 1. The van der Waals surface area contributed by atoms with Gasteiger partial charge in [-0.05, 0) is 31.2 Å². The van der Waals surface area contributed by atoms with Crippen molar-refractivity contribution < 1.29 is 27.8 Å². The number of nitrogens with zero attached hydrogens (tertiary/aromatic N) is 1. The Labute approximate surface area is 155 Å². The molecule has 0 radical (unpaired) electrons. The lowest BCUT2D eigenvalue weighted by atomic mass is 10.1. The number of methoxy groups -OCH3 is 2. The van der Waals surface area contributed by atoms with Crippen LogP contribution in [0.4, 0.5) is 14.5 Å². The van der Waals surface area contributed by atoms with Crippen molar-refractivity contribution in [2.45, 2.75) is 6.92 Å². The number of amides is 2. The molecule has 0 bridgehead atoms. The first kappa shape index (κ1) is 20.2. The van der Waals surface area contributed by atoms with Gasteiger partial charge in [0.25, 0.3) is 5.91 Å². The van der Waals surface area contributed by atoms with Gasteiger partial charge in [-0.15, -0.1) is 0 Å². The molecule has 0 aliphatic heterocycles. The molecule has 0 aliphatic rings. The summed E-state index contributed by atoms with van der Waals surface area (Å²) >= 11 is 0. The number of ether oxygens (including phenoxy) is 2. The van der Waals surface area contributed by atoms with Gasteiger partial charge in [-0.1, -0.05) is 6.07 Å². The van der Waals surface area contributed by atoms with Crippen molar-refractivity contribution in [2.75, 3.05) is 32.6 Å². The third-order valence-corrected chi connectivity index (χ3v) is 3.83. The normalized spacial score (nSPS) is 10.3. The van der Waals surface area contributed by atoms with Gasteiger partial charge in [-0.25, -0.2) is 8.78 Å². The molecule has 0 spiro atoms. The highest BCUT2D eigenvalue weighted by atomic mass is 19.1. The minimum Gasteiger partial charge on any atom is -0.497 e. The van der Waals surface area contributed by atoms with Gasteiger partial charge in [0.1, 0.15) is 35.4 Å². The van der Waals surface area contributed by atoms with Gasteiger partial charge in [0.05, 0.1) is 14.2 Å². The molecule has 144 valence electrons. The van der Waals surface area contributed by atoms with Gasteiger partial charge in [0.2, 0.25) is 5.91 Å². The number of halogens is 2. The summed E-state index contributed by atoms with van der Waals surface area (Å²) in [5.74, 6) is -2.10. The largest absolute Gasteiger partial charge is 0.497 e. The van der Waals surface area contributed by atoms with Crippen LogP contribution in [0.25, 0.3) is 0 Å². The second-order valence-electron chi connectivity index (χ2n) is 5.57. The Morgan fingerprint density at radius 1 is 1.04 bits per heavy atom. The average Bonchev–Trinajstić information content (AvgIpc) is 2.68. The van der Waals surface area contributed by atoms with Gasteiger partial charge in [0.15, 0.2) is 0 Å². The second kappa shape index (κ2) is 8.98. The molecule has 2 rings (SSSR count). The van der Waals surface area contributed by atoms with E-state index in [2.05, 4.69) is 5.32 Å². The van der Waals surface area contributed by atoms with Crippen LogP contribution in [0.3, 0.4) is 0 Å². The zero-order chi connectivity index (χ0) is 20.0. The van der Waals surface area contributed by atoms with Crippen LogP contribution in [0.15, 0.2) is 36.4 Å². The lowest BCUT2D eigenvalue weighted by Crippen LogP contribution is -2.38. The van der Waals surface area contributed by atoms with E-state index in [-0.39, 0.29) is 18.7 Å². The van der Waals surface area contributed by atoms with Crippen LogP contribution in [0.2, 0.25) is 0 Å². The first-order valence-corrected chi connectivity index (χ1v) is 8.15. The number of benzene rings is 2. The molecular weight excluding hydrogens is 358 g/mol. The molecule has 0 aliphatic carbocycles. The molecule has 2 amide bonds. The Morgan fingerprint density at radius 2 is 1.59 bits per heavy atom. The van der Waals surface area contributed by atoms with Crippen LogP contribution < -0.4 is 14.8 Å². The lowest BCUT2D eigenvalue weighted by molar-refractivity contribution is -0.116. The molecule has 2 aromatic rings. The maximum absolute atomic E-state index is 13.7. The molecule has 8 heteroatoms. The van der Waals surface area contributed by atoms with E-state index in [1.54, 1.807) is 13.0 Å². The number of para-hydroxylation sites is 1. The van der Waals surface area contributed by atoms with Crippen LogP contribution in [0.5, 0.6) is 11.5 Å². The summed E-state index contributed by atoms with van der Waals surface area (Å²) in [5, 5.41) is 2.16. The molecule has 1 N–H and O–H groups in total. The molecule has 0 fully saturated rings. The summed E-state index contributed by atoms with van der Waals surface area (Å²) in [6, 6.07) is 7.90. The van der Waals surface area contributed by atoms with Gasteiger partial charge in [0, 0.05) is 18.2 Å². The number of hydrogen-bond acceptors (Lipinski definition) is 4. The molecule has 0 aromatic heterocycles. The van der Waals surface area contributed by atoms with E-state index >= 15 is 0 Å². The highest BCUT2D eigenvalue weighted by molar-refractivity contribution is 5.99. The minimum atomic E-state index is -0.893. The molecule has 0 heterocycles. The minimum absolute atomic E-state index is 0.214. The van der Waals surface area contributed by atoms with Crippen molar-refractivity contribution in [2.24, 2.45) is 0 Å². The van der Waals surface area contributed by atoms with Crippen LogP contribution in [0, 0.1) is 11.6 Å². The fourth-order valence-corrected chi connectivity index (χ4v) is 2.41. The van der Waals surface area contributed by atoms with Crippen LogP contribution in [-0.4, -0.2) is 44.0 Å². The third kappa shape index (κ3) is 4.93. The summed E-state index contributed by atoms with van der Waals surface area (Å²) < 4.78 is 37.6. The summed E-state index contributed by atoms with van der Waals surface area (Å²) in [4.78, 5) is 26.1. The Balaban J connectivity index is 2.16. The van der Waals surface area contributed by atoms with Crippen molar-refractivity contribution >= 4 is 17.5 Å². The van der Waals surface area contributed by atoms with E-state index < -0.39 is 29.1 Å². The summed E-state index contributed by atoms with van der Waals surface area (Å²) in [5.41, 5.74) is -0.285. The van der Waals surface area contributed by atoms with Crippen LogP contribution in [-0.2, 0) is 4.79 Å². The first-order valence-electron chi connectivity index (χ1n) is 8.15. The monoisotopic (exact) mass is 378 g/mol. The van der Waals surface area contributed by atoms with E-state index in [4.69, 9.17) is 9.47 Å². The maximum Gasteiger partial charge on any atom is 0.254 e. The Bertz CT molecular complexity index is 800. The summed E-state index contributed by atoms with van der Waals surface area (Å²) in [6.45, 7) is 1.53. The standard InChI is InChI=1S/C19H20F2N2O4/c1-4-23(11-17(24)22-18-15(20)6-5-7-16(18)21)19(25)12-8-13(26-2)10-14(9-12)27-3/h5-10H,4,11H2,1-3H3,(H,22,24). The molecule has 6 nitrogen and oxygen atoms in total. The zero-order valence-electron chi connectivity index (χ0n) is 15.2. The number of nitrogens with one attached hydrogen (secondary N) is 1. The van der Waals surface area contributed by atoms with Gasteiger partial charge < -0.3 is 19.7 Å². The molecular formula is C19H20F2N2O4. The lowest BCUT2D eigenvalue weighted by Gasteiger charge is -2.21. The maximum atomic E-state index is 13.7. The fraction of sp³-hybridized carbons (Fsp3) is 0.263. The predicted molar refractivity (Wildman–Crippen MR) is 96.1 cm³/mol. The molecule has 0 unspecified atom stereocenters. The molecule has 2 aromatic carbocycles. The highest BCUT2D eigenvalue weighted by Gasteiger charge is 2.20. The van der Waals surface area contributed by atoms with Crippen molar-refractivity contribution in [3.8, 4) is 11.5 Å². The van der Waals surface area contributed by atoms with Crippen molar-refractivity contribution in [1.29, 1.82) is 0 Å². The Hall–Kier alpha value is -3.16. The quantitative estimate of drug-likeness (QED) is 0.804. The molecule has 27 heavy (non-hydrogen) atoms. The van der Waals surface area contributed by atoms with Gasteiger partial charge in [-0.2, -0.15) is 0 Å². The SMILES string of the molecule is CCN(CC(=O)Nc1c(F)cccc1F)C(=O)c1cc(OC)cc(OC)c1. The zero-order valence-corrected chi connectivity index (χ0v) is 15.2. The van der Waals surface area contributed by atoms with E-state index in [1.165, 1.54) is 37.3 Å². The highest BCUT2D eigenvalue weighted by Crippen LogP contribution is 2.23. The number of anilines is 1. The first-order chi connectivity index (χ1) is 12.9. The van der Waals surface area contributed by atoms with Crippen LogP contribution in [0.1, 0.15) is 17.3 Å². The smallest absolute Gasteiger partial charge is 0.254 e. The van der Waals surface area contributed by atoms with Gasteiger partial charge >= 0.3 is 0 Å². The average molecular weight is 378 g/mol. The van der Waals surface area contributed by atoms with Crippen LogP contribution >= 0.6 is 0 Å². The van der Waals surface area contributed by atoms with E-state index in [9.17, 15) is 18.4 Å². The van der Waals surface area contributed by atoms with E-state index in [0.717, 1.165) is 12.1 Å². The van der Waals surface area contributed by atoms with Crippen molar-refractivity contribution in [3.05, 3.63) is 53.6 Å². The third-order valence-electron chi connectivity index (χ3n) is 3.83. The topological polar surface area (TPSA) is 67.9 Å². The second-order valence-corrected chi connectivity index (χ2v) is 5.57. The number of rotatable bonds is 7. The molecule has 0 atom stereocenters. The Morgan fingerprint density at radius 3 is 2.07 bits per heavy atom. The molecule has 0 saturated carbocycles. The molecule has 0 saturated heterocycles. The van der Waals surface area contributed by atoms with E-state index in [1.807, 2.05) is 0 Å². The summed E-state index contributed by atoms with van der Waals surface area (Å²) in [7, 11) is 2.91. The number of carbonyl (C=O) groups excluding carboxylic acids is 2. The predicted octanol–water partition coefficient (Wildman–Crippen LogP) is 3.08.